The van der Waals surface area contributed by atoms with Gasteiger partial charge in [-0.15, -0.1) is 11.3 Å². The van der Waals surface area contributed by atoms with Crippen LogP contribution in [0.25, 0.3) is 4.96 Å². The molecule has 2 rings (SSSR count). The Hall–Kier alpha value is -0.920. The average molecular weight is 273 g/mol. The highest BCUT2D eigenvalue weighted by molar-refractivity contribution is 7.90. The molecule has 0 saturated heterocycles. The van der Waals surface area contributed by atoms with E-state index in [1.807, 2.05) is 22.2 Å². The van der Waals surface area contributed by atoms with Crippen LogP contribution in [-0.2, 0) is 16.4 Å². The molecule has 0 fully saturated rings. The molecule has 0 aliphatic carbocycles. The molecule has 0 amide bonds. The highest BCUT2D eigenvalue weighted by Crippen LogP contribution is 2.10. The van der Waals surface area contributed by atoms with Crippen LogP contribution in [0.5, 0.6) is 0 Å². The highest BCUT2D eigenvalue weighted by atomic mass is 32.2. The molecule has 0 saturated carbocycles. The topological polar surface area (TPSA) is 63.5 Å². The number of thiazole rings is 1. The number of imidazole rings is 1. The van der Waals surface area contributed by atoms with E-state index in [9.17, 15) is 8.42 Å². The van der Waals surface area contributed by atoms with Crippen LogP contribution in [0.4, 0.5) is 0 Å². The Morgan fingerprint density at radius 2 is 2.35 bits per heavy atom. The number of rotatable bonds is 6. The lowest BCUT2D eigenvalue weighted by Gasteiger charge is -2.01. The molecule has 2 heterocycles. The van der Waals surface area contributed by atoms with Crippen molar-refractivity contribution < 1.29 is 8.42 Å². The summed E-state index contributed by atoms with van der Waals surface area (Å²) < 4.78 is 23.8. The third-order valence-electron chi connectivity index (χ3n) is 2.32. The zero-order valence-electron chi connectivity index (χ0n) is 9.59. The zero-order chi connectivity index (χ0) is 12.3. The molecule has 94 valence electrons. The second-order valence-electron chi connectivity index (χ2n) is 3.99. The van der Waals surface area contributed by atoms with Gasteiger partial charge in [0.25, 0.3) is 0 Å². The molecule has 5 nitrogen and oxygen atoms in total. The summed E-state index contributed by atoms with van der Waals surface area (Å²) in [5.74, 6) is 0.234. The van der Waals surface area contributed by atoms with Gasteiger partial charge in [-0.3, -0.25) is 4.40 Å². The van der Waals surface area contributed by atoms with Gasteiger partial charge in [0.15, 0.2) is 4.96 Å². The molecule has 0 unspecified atom stereocenters. The summed E-state index contributed by atoms with van der Waals surface area (Å²) in [5.41, 5.74) is 0.983. The number of nitrogens with zero attached hydrogens (tertiary/aromatic N) is 2. The second-order valence-corrected chi connectivity index (χ2v) is 7.12. The van der Waals surface area contributed by atoms with Crippen molar-refractivity contribution >= 4 is 26.1 Å². The summed E-state index contributed by atoms with van der Waals surface area (Å²) >= 11 is 1.60. The number of nitrogens with one attached hydrogen (secondary N) is 1. The highest BCUT2D eigenvalue weighted by Gasteiger charge is 2.03. The molecule has 1 N–H and O–H groups in total. The van der Waals surface area contributed by atoms with Gasteiger partial charge in [0.05, 0.1) is 11.4 Å². The minimum absolute atomic E-state index is 0.234. The lowest BCUT2D eigenvalue weighted by Crippen LogP contribution is -2.18. The van der Waals surface area contributed by atoms with Crippen LogP contribution in [-0.4, -0.2) is 36.4 Å². The first kappa shape index (κ1) is 12.5. The van der Waals surface area contributed by atoms with E-state index in [-0.39, 0.29) is 5.75 Å². The van der Waals surface area contributed by atoms with Crippen molar-refractivity contribution in [2.45, 2.75) is 13.0 Å². The van der Waals surface area contributed by atoms with Crippen LogP contribution >= 0.6 is 11.3 Å². The fraction of sp³-hybridized carbons (Fsp3) is 0.500. The van der Waals surface area contributed by atoms with E-state index < -0.39 is 9.84 Å². The number of sulfone groups is 1. The molecular formula is C10H15N3O2S2. The maximum atomic E-state index is 10.9. The first-order valence-corrected chi connectivity index (χ1v) is 8.28. The van der Waals surface area contributed by atoms with Crippen molar-refractivity contribution in [2.24, 2.45) is 0 Å². The SMILES string of the molecule is CS(=O)(=O)CCCNCc1cn2ccsc2n1. The summed E-state index contributed by atoms with van der Waals surface area (Å²) in [7, 11) is -2.84. The maximum absolute atomic E-state index is 10.9. The summed E-state index contributed by atoms with van der Waals surface area (Å²) in [6, 6.07) is 0. The van der Waals surface area contributed by atoms with Gasteiger partial charge >= 0.3 is 0 Å². The van der Waals surface area contributed by atoms with Crippen LogP contribution < -0.4 is 5.32 Å². The Labute approximate surface area is 104 Å². The predicted octanol–water partition coefficient (Wildman–Crippen LogP) is 0.920. The van der Waals surface area contributed by atoms with Crippen LogP contribution in [0.2, 0.25) is 0 Å². The number of hydrogen-bond donors (Lipinski definition) is 1. The van der Waals surface area contributed by atoms with Crippen molar-refractivity contribution in [2.75, 3.05) is 18.6 Å². The molecule has 2 aromatic rings. The van der Waals surface area contributed by atoms with Crippen LogP contribution in [0.1, 0.15) is 12.1 Å². The molecule has 0 atom stereocenters. The van der Waals surface area contributed by atoms with E-state index in [1.165, 1.54) is 6.26 Å². The van der Waals surface area contributed by atoms with E-state index in [0.29, 0.717) is 19.5 Å². The minimum Gasteiger partial charge on any atom is -0.311 e. The Kier molecular flexibility index (Phi) is 3.80. The van der Waals surface area contributed by atoms with Gasteiger partial charge in [-0.25, -0.2) is 13.4 Å². The number of aromatic nitrogens is 2. The van der Waals surface area contributed by atoms with Crippen molar-refractivity contribution in [3.05, 3.63) is 23.5 Å². The monoisotopic (exact) mass is 273 g/mol. The smallest absolute Gasteiger partial charge is 0.193 e. The van der Waals surface area contributed by atoms with E-state index in [1.54, 1.807) is 11.3 Å². The summed E-state index contributed by atoms with van der Waals surface area (Å²) in [6.07, 6.45) is 5.85. The largest absolute Gasteiger partial charge is 0.311 e. The Balaban J connectivity index is 1.74. The first-order chi connectivity index (χ1) is 8.04. The molecule has 0 radical (unpaired) electrons. The average Bonchev–Trinajstić information content (AvgIpc) is 2.75. The predicted molar refractivity (Wildman–Crippen MR) is 69.1 cm³/mol. The first-order valence-electron chi connectivity index (χ1n) is 5.34. The molecular weight excluding hydrogens is 258 g/mol. The third kappa shape index (κ3) is 3.79. The zero-order valence-corrected chi connectivity index (χ0v) is 11.2. The van der Waals surface area contributed by atoms with Gasteiger partial charge in [0, 0.05) is 30.6 Å². The maximum Gasteiger partial charge on any atom is 0.193 e. The van der Waals surface area contributed by atoms with Gasteiger partial charge in [-0.1, -0.05) is 0 Å². The summed E-state index contributed by atoms with van der Waals surface area (Å²) in [4.78, 5) is 5.40. The van der Waals surface area contributed by atoms with Gasteiger partial charge in [0.2, 0.25) is 0 Å². The van der Waals surface area contributed by atoms with Gasteiger partial charge < -0.3 is 5.32 Å². The van der Waals surface area contributed by atoms with Gasteiger partial charge in [0.1, 0.15) is 9.84 Å². The van der Waals surface area contributed by atoms with E-state index >= 15 is 0 Å². The van der Waals surface area contributed by atoms with E-state index in [0.717, 1.165) is 10.7 Å². The quantitative estimate of drug-likeness (QED) is 0.795. The fourth-order valence-corrected chi connectivity index (χ4v) is 2.92. The third-order valence-corrected chi connectivity index (χ3v) is 4.12. The Morgan fingerprint density at radius 3 is 3.06 bits per heavy atom. The lowest BCUT2D eigenvalue weighted by molar-refractivity contribution is 0.594. The van der Waals surface area contributed by atoms with Crippen LogP contribution in [0, 0.1) is 0 Å². The van der Waals surface area contributed by atoms with Crippen molar-refractivity contribution in [1.82, 2.24) is 14.7 Å². The summed E-state index contributed by atoms with van der Waals surface area (Å²) in [5, 5.41) is 5.18. The summed E-state index contributed by atoms with van der Waals surface area (Å²) in [6.45, 7) is 1.37. The molecule has 17 heavy (non-hydrogen) atoms. The molecule has 7 heteroatoms. The Morgan fingerprint density at radius 1 is 1.53 bits per heavy atom. The van der Waals surface area contributed by atoms with E-state index in [2.05, 4.69) is 10.3 Å². The normalized spacial score (nSPS) is 12.3. The van der Waals surface area contributed by atoms with Gasteiger partial charge in [-0.2, -0.15) is 0 Å². The van der Waals surface area contributed by atoms with E-state index in [4.69, 9.17) is 0 Å². The number of hydrogen-bond acceptors (Lipinski definition) is 5. The van der Waals surface area contributed by atoms with Crippen molar-refractivity contribution in [1.29, 1.82) is 0 Å². The molecule has 0 aliphatic rings. The number of fused-ring (bicyclic) bond motifs is 1. The van der Waals surface area contributed by atoms with Crippen molar-refractivity contribution in [3.63, 3.8) is 0 Å². The van der Waals surface area contributed by atoms with Crippen LogP contribution in [0.3, 0.4) is 0 Å². The van der Waals surface area contributed by atoms with Crippen molar-refractivity contribution in [3.8, 4) is 0 Å². The lowest BCUT2D eigenvalue weighted by atomic mass is 10.4. The molecule has 0 aliphatic heterocycles. The Bertz CT molecular complexity index is 557. The standard InChI is InChI=1S/C10H15N3O2S2/c1-17(14,15)6-2-3-11-7-9-8-13-4-5-16-10(13)12-9/h4-5,8,11H,2-3,6-7H2,1H3. The molecule has 2 aromatic heterocycles. The molecule has 0 spiro atoms. The minimum atomic E-state index is -2.84. The fourth-order valence-electron chi connectivity index (χ4n) is 1.54. The molecule has 0 bridgehead atoms. The second kappa shape index (κ2) is 5.16. The molecule has 0 aromatic carbocycles. The van der Waals surface area contributed by atoms with Crippen LogP contribution in [0.15, 0.2) is 17.8 Å². The van der Waals surface area contributed by atoms with Gasteiger partial charge in [-0.05, 0) is 13.0 Å².